The van der Waals surface area contributed by atoms with Gasteiger partial charge in [0.2, 0.25) is 10.0 Å². The molecule has 0 aromatic heterocycles. The molecule has 8 heteroatoms. The second kappa shape index (κ2) is 7.53. The molecule has 1 N–H and O–H groups in total. The van der Waals surface area contributed by atoms with Crippen molar-refractivity contribution in [2.45, 2.75) is 11.8 Å². The highest BCUT2D eigenvalue weighted by atomic mass is 32.2. The van der Waals surface area contributed by atoms with Crippen molar-refractivity contribution in [3.05, 3.63) is 59.4 Å². The highest BCUT2D eigenvalue weighted by Gasteiger charge is 2.27. The first kappa shape index (κ1) is 18.5. The number of carbonyl (C=O) groups excluding carboxylic acids is 1. The van der Waals surface area contributed by atoms with E-state index < -0.39 is 21.7 Å². The number of hydrogen-bond donors (Lipinski definition) is 1. The third kappa shape index (κ3) is 3.92. The van der Waals surface area contributed by atoms with Crippen LogP contribution < -0.4 is 5.32 Å². The summed E-state index contributed by atoms with van der Waals surface area (Å²) in [6.07, 6.45) is 0. The number of nitrogens with one attached hydrogen (secondary N) is 1. The van der Waals surface area contributed by atoms with E-state index in [4.69, 9.17) is 4.74 Å². The van der Waals surface area contributed by atoms with E-state index in [9.17, 15) is 17.6 Å². The summed E-state index contributed by atoms with van der Waals surface area (Å²) in [6.45, 7) is 2.93. The van der Waals surface area contributed by atoms with Crippen LogP contribution in [0.15, 0.2) is 47.4 Å². The van der Waals surface area contributed by atoms with Crippen LogP contribution in [0, 0.1) is 12.7 Å². The number of halogens is 1. The summed E-state index contributed by atoms with van der Waals surface area (Å²) in [5, 5.41) is 2.59. The molecule has 0 saturated carbocycles. The number of nitrogens with zero attached hydrogens (tertiary/aromatic N) is 1. The molecule has 1 amide bonds. The fourth-order valence-corrected chi connectivity index (χ4v) is 4.13. The molecule has 26 heavy (non-hydrogen) atoms. The van der Waals surface area contributed by atoms with Gasteiger partial charge in [-0.2, -0.15) is 4.31 Å². The lowest BCUT2D eigenvalue weighted by atomic mass is 10.1. The monoisotopic (exact) mass is 378 g/mol. The zero-order chi connectivity index (χ0) is 18.7. The average Bonchev–Trinajstić information content (AvgIpc) is 2.62. The fraction of sp³-hybridized carbons (Fsp3) is 0.278. The van der Waals surface area contributed by atoms with Crippen LogP contribution >= 0.6 is 0 Å². The molecule has 0 unspecified atom stereocenters. The van der Waals surface area contributed by atoms with Gasteiger partial charge in [-0.3, -0.25) is 4.79 Å². The molecule has 0 spiro atoms. The minimum absolute atomic E-state index is 0.116. The van der Waals surface area contributed by atoms with Crippen LogP contribution in [0.25, 0.3) is 0 Å². The molecule has 6 nitrogen and oxygen atoms in total. The van der Waals surface area contributed by atoms with Crippen molar-refractivity contribution in [3.8, 4) is 0 Å². The largest absolute Gasteiger partial charge is 0.379 e. The summed E-state index contributed by atoms with van der Waals surface area (Å²) in [5.41, 5.74) is 1.13. The lowest BCUT2D eigenvalue weighted by Crippen LogP contribution is -2.40. The second-order valence-electron chi connectivity index (χ2n) is 5.98. The molecule has 3 rings (SSSR count). The summed E-state index contributed by atoms with van der Waals surface area (Å²) in [6, 6.07) is 10.3. The quantitative estimate of drug-likeness (QED) is 0.887. The molecular formula is C18H19FN2O4S. The zero-order valence-electron chi connectivity index (χ0n) is 14.2. The van der Waals surface area contributed by atoms with Gasteiger partial charge in [0.25, 0.3) is 5.91 Å². The van der Waals surface area contributed by atoms with E-state index in [-0.39, 0.29) is 23.5 Å². The summed E-state index contributed by atoms with van der Waals surface area (Å²) in [7, 11) is -3.81. The molecule has 1 aliphatic heterocycles. The Labute approximate surface area is 151 Å². The minimum Gasteiger partial charge on any atom is -0.379 e. The Hall–Kier alpha value is -2.29. The number of benzene rings is 2. The van der Waals surface area contributed by atoms with Crippen molar-refractivity contribution in [2.24, 2.45) is 0 Å². The summed E-state index contributed by atoms with van der Waals surface area (Å²) < 4.78 is 46.0. The number of amides is 1. The van der Waals surface area contributed by atoms with Gasteiger partial charge in [0, 0.05) is 18.8 Å². The molecule has 0 atom stereocenters. The van der Waals surface area contributed by atoms with Crippen LogP contribution in [0.5, 0.6) is 0 Å². The maximum atomic E-state index is 14.1. The third-order valence-electron chi connectivity index (χ3n) is 4.07. The van der Waals surface area contributed by atoms with Crippen molar-refractivity contribution in [1.82, 2.24) is 4.31 Å². The van der Waals surface area contributed by atoms with Crippen molar-refractivity contribution in [3.63, 3.8) is 0 Å². The number of ether oxygens (including phenoxy) is 1. The van der Waals surface area contributed by atoms with Gasteiger partial charge >= 0.3 is 0 Å². The lowest BCUT2D eigenvalue weighted by molar-refractivity contribution is 0.0730. The van der Waals surface area contributed by atoms with Gasteiger partial charge in [-0.05, 0) is 42.8 Å². The van der Waals surface area contributed by atoms with E-state index in [1.165, 1.54) is 10.4 Å². The first-order valence-electron chi connectivity index (χ1n) is 8.13. The van der Waals surface area contributed by atoms with Gasteiger partial charge in [-0.15, -0.1) is 0 Å². The lowest BCUT2D eigenvalue weighted by Gasteiger charge is -2.26. The SMILES string of the molecule is Cc1cccc(NC(=O)c2cc(S(=O)(=O)N3CCOCC3)ccc2F)c1. The van der Waals surface area contributed by atoms with Crippen molar-refractivity contribution < 1.29 is 22.3 Å². The number of hydrogen-bond acceptors (Lipinski definition) is 4. The van der Waals surface area contributed by atoms with Crippen LogP contribution in [-0.4, -0.2) is 44.9 Å². The molecule has 2 aromatic rings. The Kier molecular flexibility index (Phi) is 5.36. The Morgan fingerprint density at radius 1 is 1.15 bits per heavy atom. The Bertz CT molecular complexity index is 925. The number of anilines is 1. The smallest absolute Gasteiger partial charge is 0.258 e. The number of rotatable bonds is 4. The Morgan fingerprint density at radius 3 is 2.58 bits per heavy atom. The van der Waals surface area contributed by atoms with Crippen LogP contribution in [-0.2, 0) is 14.8 Å². The summed E-state index contributed by atoms with van der Waals surface area (Å²) in [4.78, 5) is 12.3. The number of morpholine rings is 1. The van der Waals surface area contributed by atoms with E-state index in [1.54, 1.807) is 18.2 Å². The molecule has 1 fully saturated rings. The summed E-state index contributed by atoms with van der Waals surface area (Å²) in [5.74, 6) is -1.48. The third-order valence-corrected chi connectivity index (χ3v) is 5.96. The van der Waals surface area contributed by atoms with Crippen molar-refractivity contribution in [1.29, 1.82) is 0 Å². The molecule has 0 aliphatic carbocycles. The van der Waals surface area contributed by atoms with E-state index >= 15 is 0 Å². The first-order chi connectivity index (χ1) is 12.4. The standard InChI is InChI=1S/C18H19FN2O4S/c1-13-3-2-4-14(11-13)20-18(22)16-12-15(5-6-17(16)19)26(23,24)21-7-9-25-10-8-21/h2-6,11-12H,7-10H2,1H3,(H,20,22). The zero-order valence-corrected chi connectivity index (χ0v) is 15.1. The number of carbonyl (C=O) groups is 1. The van der Waals surface area contributed by atoms with Crippen molar-refractivity contribution in [2.75, 3.05) is 31.6 Å². The predicted octanol–water partition coefficient (Wildman–Crippen LogP) is 2.41. The van der Waals surface area contributed by atoms with Gasteiger partial charge in [0.15, 0.2) is 0 Å². The van der Waals surface area contributed by atoms with Gasteiger partial charge in [0.05, 0.1) is 23.7 Å². The van der Waals surface area contributed by atoms with E-state index in [2.05, 4.69) is 5.32 Å². The van der Waals surface area contributed by atoms with Gasteiger partial charge in [0.1, 0.15) is 5.82 Å². The van der Waals surface area contributed by atoms with E-state index in [0.717, 1.165) is 17.7 Å². The van der Waals surface area contributed by atoms with Gasteiger partial charge in [-0.1, -0.05) is 12.1 Å². The highest BCUT2D eigenvalue weighted by molar-refractivity contribution is 7.89. The van der Waals surface area contributed by atoms with Gasteiger partial charge in [-0.25, -0.2) is 12.8 Å². The fourth-order valence-electron chi connectivity index (χ4n) is 2.70. The number of aryl methyl sites for hydroxylation is 1. The topological polar surface area (TPSA) is 75.7 Å². The normalized spacial score (nSPS) is 15.6. The average molecular weight is 378 g/mol. The van der Waals surface area contributed by atoms with Crippen molar-refractivity contribution >= 4 is 21.6 Å². The summed E-state index contributed by atoms with van der Waals surface area (Å²) >= 11 is 0. The molecule has 138 valence electrons. The minimum atomic E-state index is -3.81. The van der Waals surface area contributed by atoms with E-state index in [0.29, 0.717) is 18.9 Å². The molecule has 1 heterocycles. The molecule has 1 aliphatic rings. The molecular weight excluding hydrogens is 359 g/mol. The van der Waals surface area contributed by atoms with Crippen LogP contribution in [0.1, 0.15) is 15.9 Å². The predicted molar refractivity (Wildman–Crippen MR) is 95.1 cm³/mol. The van der Waals surface area contributed by atoms with E-state index in [1.807, 2.05) is 13.0 Å². The molecule has 0 radical (unpaired) electrons. The maximum absolute atomic E-state index is 14.1. The molecule has 0 bridgehead atoms. The molecule has 1 saturated heterocycles. The second-order valence-corrected chi connectivity index (χ2v) is 7.92. The van der Waals surface area contributed by atoms with Crippen LogP contribution in [0.2, 0.25) is 0 Å². The molecule has 2 aromatic carbocycles. The maximum Gasteiger partial charge on any atom is 0.258 e. The number of sulfonamides is 1. The Balaban J connectivity index is 1.88. The van der Waals surface area contributed by atoms with Crippen LogP contribution in [0.4, 0.5) is 10.1 Å². The van der Waals surface area contributed by atoms with Crippen LogP contribution in [0.3, 0.4) is 0 Å². The van der Waals surface area contributed by atoms with Gasteiger partial charge < -0.3 is 10.1 Å². The first-order valence-corrected chi connectivity index (χ1v) is 9.57. The highest BCUT2D eigenvalue weighted by Crippen LogP contribution is 2.21. The Morgan fingerprint density at radius 2 is 1.88 bits per heavy atom.